The number of anilines is 1. The molecule has 0 spiro atoms. The number of nitrogens with zero attached hydrogens (tertiary/aromatic N) is 1. The average Bonchev–Trinajstić information content (AvgIpc) is 2.27. The third-order valence-electron chi connectivity index (χ3n) is 1.37. The van der Waals surface area contributed by atoms with Crippen LogP contribution in [0.1, 0.15) is 0 Å². The van der Waals surface area contributed by atoms with Crippen molar-refractivity contribution in [1.29, 1.82) is 0 Å². The van der Waals surface area contributed by atoms with Crippen LogP contribution in [0.5, 0.6) is 0 Å². The van der Waals surface area contributed by atoms with Crippen molar-refractivity contribution in [2.75, 3.05) is 5.73 Å². The van der Waals surface area contributed by atoms with Crippen molar-refractivity contribution in [3.63, 3.8) is 0 Å². The van der Waals surface area contributed by atoms with Gasteiger partial charge in [0.15, 0.2) is 5.58 Å². The van der Waals surface area contributed by atoms with Crippen LogP contribution in [0.25, 0.3) is 11.1 Å². The summed E-state index contributed by atoms with van der Waals surface area (Å²) in [5, 5.41) is 0. The Bertz CT molecular complexity index is 396. The molecule has 1 aromatic heterocycles. The van der Waals surface area contributed by atoms with Crippen LogP contribution in [-0.2, 0) is 0 Å². The van der Waals surface area contributed by atoms with Gasteiger partial charge in [0.1, 0.15) is 11.3 Å². The van der Waals surface area contributed by atoms with Gasteiger partial charge >= 0.3 is 0 Å². The molecule has 0 aliphatic rings. The first-order valence-electron chi connectivity index (χ1n) is 3.07. The van der Waals surface area contributed by atoms with Gasteiger partial charge in [-0.15, -0.1) is 0 Å². The Kier molecular flexibility index (Phi) is 1.09. The van der Waals surface area contributed by atoms with Gasteiger partial charge in [-0.2, -0.15) is 4.98 Å². The van der Waals surface area contributed by atoms with Crippen LogP contribution < -0.4 is 5.73 Å². The summed E-state index contributed by atoms with van der Waals surface area (Å²) in [6.45, 7) is 0. The minimum absolute atomic E-state index is 0.0607. The summed E-state index contributed by atoms with van der Waals surface area (Å²) in [5.41, 5.74) is 6.19. The minimum Gasteiger partial charge on any atom is -0.424 e. The second kappa shape index (κ2) is 1.95. The predicted molar refractivity (Wildman–Crippen MR) is 38.4 cm³/mol. The van der Waals surface area contributed by atoms with E-state index in [-0.39, 0.29) is 11.8 Å². The smallest absolute Gasteiger partial charge is 0.292 e. The maximum atomic E-state index is 12.5. The number of rotatable bonds is 0. The molecule has 0 aliphatic carbocycles. The van der Waals surface area contributed by atoms with Crippen LogP contribution >= 0.6 is 0 Å². The molecule has 3 nitrogen and oxygen atoms in total. The molecule has 0 amide bonds. The molecule has 0 aliphatic heterocycles. The second-order valence-corrected chi connectivity index (χ2v) is 2.16. The zero-order valence-corrected chi connectivity index (χ0v) is 5.54. The lowest BCUT2D eigenvalue weighted by Gasteiger charge is -1.84. The Morgan fingerprint density at radius 3 is 3.09 bits per heavy atom. The molecular weight excluding hydrogens is 147 g/mol. The number of fused-ring (bicyclic) bond motifs is 1. The Morgan fingerprint density at radius 1 is 1.45 bits per heavy atom. The fraction of sp³-hybridized carbons (Fsp3) is 0. The molecule has 2 rings (SSSR count). The Morgan fingerprint density at radius 2 is 2.27 bits per heavy atom. The monoisotopic (exact) mass is 152 g/mol. The highest BCUT2D eigenvalue weighted by Gasteiger charge is 2.01. The highest BCUT2D eigenvalue weighted by atomic mass is 19.1. The molecule has 4 heteroatoms. The molecule has 2 aromatic rings. The number of benzene rings is 1. The van der Waals surface area contributed by atoms with Crippen LogP contribution in [0.15, 0.2) is 22.6 Å². The molecule has 0 saturated carbocycles. The number of hydrogen-bond acceptors (Lipinski definition) is 3. The average molecular weight is 152 g/mol. The summed E-state index contributed by atoms with van der Waals surface area (Å²) in [6.07, 6.45) is 0. The van der Waals surface area contributed by atoms with E-state index in [1.807, 2.05) is 0 Å². The fourth-order valence-electron chi connectivity index (χ4n) is 0.918. The van der Waals surface area contributed by atoms with E-state index in [1.54, 1.807) is 0 Å². The van der Waals surface area contributed by atoms with Gasteiger partial charge in [0.05, 0.1) is 0 Å². The predicted octanol–water partition coefficient (Wildman–Crippen LogP) is 1.55. The summed E-state index contributed by atoms with van der Waals surface area (Å²) in [4.78, 5) is 3.75. The fourth-order valence-corrected chi connectivity index (χ4v) is 0.918. The van der Waals surface area contributed by atoms with Crippen molar-refractivity contribution in [2.45, 2.75) is 0 Å². The summed E-state index contributed by atoms with van der Waals surface area (Å²) >= 11 is 0. The molecular formula is C7H5FN2O. The highest BCUT2D eigenvalue weighted by molar-refractivity contribution is 5.73. The Labute approximate surface area is 61.6 Å². The minimum atomic E-state index is -0.342. The normalized spacial score (nSPS) is 10.6. The van der Waals surface area contributed by atoms with E-state index in [2.05, 4.69) is 4.98 Å². The molecule has 1 aromatic carbocycles. The maximum Gasteiger partial charge on any atom is 0.292 e. The second-order valence-electron chi connectivity index (χ2n) is 2.16. The topological polar surface area (TPSA) is 52.0 Å². The molecule has 0 unspecified atom stereocenters. The lowest BCUT2D eigenvalue weighted by molar-refractivity contribution is 0.618. The van der Waals surface area contributed by atoms with E-state index < -0.39 is 0 Å². The molecule has 2 N–H and O–H groups in total. The van der Waals surface area contributed by atoms with E-state index in [0.717, 1.165) is 0 Å². The van der Waals surface area contributed by atoms with Gasteiger partial charge in [0.25, 0.3) is 6.01 Å². The summed E-state index contributed by atoms with van der Waals surface area (Å²) in [5.74, 6) is -0.342. The van der Waals surface area contributed by atoms with Gasteiger partial charge in [0.2, 0.25) is 0 Å². The molecule has 0 saturated heterocycles. The third kappa shape index (κ3) is 0.920. The van der Waals surface area contributed by atoms with Crippen molar-refractivity contribution in [1.82, 2.24) is 4.98 Å². The number of hydrogen-bond donors (Lipinski definition) is 1. The first kappa shape index (κ1) is 6.15. The molecule has 0 atom stereocenters. The lowest BCUT2D eigenvalue weighted by Crippen LogP contribution is -1.80. The highest BCUT2D eigenvalue weighted by Crippen LogP contribution is 2.16. The van der Waals surface area contributed by atoms with Gasteiger partial charge < -0.3 is 10.2 Å². The van der Waals surface area contributed by atoms with Gasteiger partial charge in [-0.3, -0.25) is 0 Å². The summed E-state index contributed by atoms with van der Waals surface area (Å²) in [6, 6.07) is 4.13. The zero-order valence-electron chi connectivity index (χ0n) is 5.54. The molecule has 0 fully saturated rings. The van der Waals surface area contributed by atoms with Crippen molar-refractivity contribution in [3.8, 4) is 0 Å². The standard InChI is InChI=1S/C7H5FN2O/c8-4-1-2-6-5(3-4)10-7(9)11-6/h1-3H,(H2,9,10). The first-order valence-corrected chi connectivity index (χ1v) is 3.07. The number of aromatic nitrogens is 1. The van der Waals surface area contributed by atoms with Gasteiger partial charge in [-0.1, -0.05) is 0 Å². The van der Waals surface area contributed by atoms with Crippen LogP contribution in [0.4, 0.5) is 10.4 Å². The molecule has 0 radical (unpaired) electrons. The van der Waals surface area contributed by atoms with Gasteiger partial charge in [-0.25, -0.2) is 4.39 Å². The number of oxazole rings is 1. The third-order valence-corrected chi connectivity index (χ3v) is 1.37. The van der Waals surface area contributed by atoms with Crippen molar-refractivity contribution < 1.29 is 8.81 Å². The largest absolute Gasteiger partial charge is 0.424 e. The van der Waals surface area contributed by atoms with Gasteiger partial charge in [-0.05, 0) is 12.1 Å². The first-order chi connectivity index (χ1) is 5.25. The van der Waals surface area contributed by atoms with E-state index in [9.17, 15) is 4.39 Å². The number of nitrogen functional groups attached to an aromatic ring is 1. The van der Waals surface area contributed by atoms with E-state index in [4.69, 9.17) is 10.2 Å². The van der Waals surface area contributed by atoms with E-state index in [1.165, 1.54) is 18.2 Å². The van der Waals surface area contributed by atoms with Crippen LogP contribution in [0, 0.1) is 5.82 Å². The van der Waals surface area contributed by atoms with Gasteiger partial charge in [0, 0.05) is 6.07 Å². The maximum absolute atomic E-state index is 12.5. The lowest BCUT2D eigenvalue weighted by atomic mass is 10.3. The summed E-state index contributed by atoms with van der Waals surface area (Å²) in [7, 11) is 0. The SMILES string of the molecule is Nc1nc2cc(F)ccc2o1. The molecule has 1 heterocycles. The van der Waals surface area contributed by atoms with Crippen molar-refractivity contribution in [2.24, 2.45) is 0 Å². The Balaban J connectivity index is 2.82. The van der Waals surface area contributed by atoms with Crippen molar-refractivity contribution >= 4 is 17.1 Å². The zero-order chi connectivity index (χ0) is 7.84. The number of halogens is 1. The quantitative estimate of drug-likeness (QED) is 0.623. The molecule has 11 heavy (non-hydrogen) atoms. The molecule has 56 valence electrons. The van der Waals surface area contributed by atoms with E-state index in [0.29, 0.717) is 11.1 Å². The van der Waals surface area contributed by atoms with E-state index >= 15 is 0 Å². The number of nitrogens with two attached hydrogens (primary N) is 1. The summed E-state index contributed by atoms with van der Waals surface area (Å²) < 4.78 is 17.4. The molecule has 0 bridgehead atoms. The van der Waals surface area contributed by atoms with Crippen LogP contribution in [0.2, 0.25) is 0 Å². The van der Waals surface area contributed by atoms with Crippen LogP contribution in [0.3, 0.4) is 0 Å². The van der Waals surface area contributed by atoms with Crippen molar-refractivity contribution in [3.05, 3.63) is 24.0 Å². The van der Waals surface area contributed by atoms with Crippen LogP contribution in [-0.4, -0.2) is 4.98 Å². The Hall–Kier alpha value is -1.58.